The second-order valence-electron chi connectivity index (χ2n) is 8.95. The molecule has 7 heteroatoms. The van der Waals surface area contributed by atoms with Crippen LogP contribution in [0, 0.1) is 0 Å². The van der Waals surface area contributed by atoms with E-state index in [1.807, 2.05) is 63.2 Å². The van der Waals surface area contributed by atoms with Crippen LogP contribution in [0.2, 0.25) is 10.0 Å². The summed E-state index contributed by atoms with van der Waals surface area (Å²) in [6.45, 7) is 7.37. The van der Waals surface area contributed by atoms with Crippen LogP contribution in [0.4, 0.5) is 0 Å². The van der Waals surface area contributed by atoms with Crippen LogP contribution in [0.15, 0.2) is 60.7 Å². The molecule has 0 aromatic heterocycles. The maximum absolute atomic E-state index is 13.3. The lowest BCUT2D eigenvalue weighted by Gasteiger charge is -2.31. The van der Waals surface area contributed by atoms with E-state index in [0.29, 0.717) is 15.8 Å². The van der Waals surface area contributed by atoms with Gasteiger partial charge in [0, 0.05) is 17.5 Å². The molecule has 0 spiro atoms. The predicted molar refractivity (Wildman–Crippen MR) is 134 cm³/mol. The van der Waals surface area contributed by atoms with Crippen LogP contribution in [0.3, 0.4) is 0 Å². The molecule has 3 aromatic carbocycles. The summed E-state index contributed by atoms with van der Waals surface area (Å²) in [4.78, 5) is 27.6. The highest BCUT2D eigenvalue weighted by Crippen LogP contribution is 2.26. The van der Waals surface area contributed by atoms with E-state index in [9.17, 15) is 9.59 Å². The van der Waals surface area contributed by atoms with Gasteiger partial charge in [-0.3, -0.25) is 9.59 Å². The highest BCUT2D eigenvalue weighted by atomic mass is 35.5. The average molecular weight is 487 g/mol. The average Bonchev–Trinajstić information content (AvgIpc) is 2.76. The topological polar surface area (TPSA) is 58.6 Å². The first-order chi connectivity index (χ1) is 15.5. The Morgan fingerprint density at radius 2 is 1.70 bits per heavy atom. The molecule has 1 atom stereocenters. The molecule has 174 valence electrons. The van der Waals surface area contributed by atoms with Crippen LogP contribution < -0.4 is 10.1 Å². The Bertz CT molecular complexity index is 1150. The number of nitrogens with zero attached hydrogens (tertiary/aromatic N) is 1. The van der Waals surface area contributed by atoms with Crippen molar-refractivity contribution in [3.63, 3.8) is 0 Å². The van der Waals surface area contributed by atoms with Gasteiger partial charge < -0.3 is 15.0 Å². The second-order valence-corrected chi connectivity index (χ2v) is 9.77. The fraction of sp³-hybridized carbons (Fsp3) is 0.308. The van der Waals surface area contributed by atoms with Crippen LogP contribution in [-0.4, -0.2) is 34.9 Å². The molecule has 0 saturated carbocycles. The first-order valence-corrected chi connectivity index (χ1v) is 11.5. The number of fused-ring (bicyclic) bond motifs is 1. The summed E-state index contributed by atoms with van der Waals surface area (Å²) >= 11 is 12.2. The zero-order valence-electron chi connectivity index (χ0n) is 19.2. The summed E-state index contributed by atoms with van der Waals surface area (Å²) in [5.74, 6) is 0.0503. The van der Waals surface area contributed by atoms with Crippen molar-refractivity contribution in [2.75, 3.05) is 6.61 Å². The summed E-state index contributed by atoms with van der Waals surface area (Å²) in [5, 5.41) is 5.69. The van der Waals surface area contributed by atoms with Crippen LogP contribution in [0.5, 0.6) is 5.75 Å². The Hall–Kier alpha value is -2.76. The van der Waals surface area contributed by atoms with E-state index in [0.717, 1.165) is 16.3 Å². The van der Waals surface area contributed by atoms with Crippen LogP contribution >= 0.6 is 23.2 Å². The van der Waals surface area contributed by atoms with Crippen molar-refractivity contribution >= 4 is 45.8 Å². The summed E-state index contributed by atoms with van der Waals surface area (Å²) < 4.78 is 5.90. The highest BCUT2D eigenvalue weighted by molar-refractivity contribution is 6.42. The lowest BCUT2D eigenvalue weighted by atomic mass is 10.1. The number of amides is 2. The van der Waals surface area contributed by atoms with Gasteiger partial charge in [0.1, 0.15) is 11.8 Å². The minimum Gasteiger partial charge on any atom is -0.483 e. The maximum Gasteiger partial charge on any atom is 0.261 e. The molecule has 3 rings (SSSR count). The molecule has 0 aliphatic carbocycles. The third-order valence-corrected chi connectivity index (χ3v) is 5.84. The number of carbonyl (C=O) groups is 2. The van der Waals surface area contributed by atoms with Gasteiger partial charge in [-0.1, -0.05) is 65.7 Å². The molecule has 5 nitrogen and oxygen atoms in total. The predicted octanol–water partition coefficient (Wildman–Crippen LogP) is 5.86. The van der Waals surface area contributed by atoms with Gasteiger partial charge in [-0.05, 0) is 56.8 Å². The normalized spacial score (nSPS) is 12.3. The number of hydrogen-bond acceptors (Lipinski definition) is 3. The van der Waals surface area contributed by atoms with Crippen molar-refractivity contribution in [1.29, 1.82) is 0 Å². The molecule has 0 fully saturated rings. The van der Waals surface area contributed by atoms with E-state index in [4.69, 9.17) is 27.9 Å². The van der Waals surface area contributed by atoms with Crippen molar-refractivity contribution in [2.24, 2.45) is 0 Å². The Morgan fingerprint density at radius 3 is 2.39 bits per heavy atom. The fourth-order valence-electron chi connectivity index (χ4n) is 3.44. The number of rotatable bonds is 7. The van der Waals surface area contributed by atoms with E-state index >= 15 is 0 Å². The Labute approximate surface area is 204 Å². The number of carbonyl (C=O) groups excluding carboxylic acids is 2. The quantitative estimate of drug-likeness (QED) is 0.455. The van der Waals surface area contributed by atoms with Gasteiger partial charge in [0.15, 0.2) is 6.61 Å². The van der Waals surface area contributed by atoms with Crippen molar-refractivity contribution in [2.45, 2.75) is 45.8 Å². The highest BCUT2D eigenvalue weighted by Gasteiger charge is 2.29. The second kappa shape index (κ2) is 10.4. The Kier molecular flexibility index (Phi) is 7.88. The van der Waals surface area contributed by atoms with Gasteiger partial charge >= 0.3 is 0 Å². The summed E-state index contributed by atoms with van der Waals surface area (Å²) in [7, 11) is 0. The number of benzene rings is 3. The van der Waals surface area contributed by atoms with Crippen LogP contribution in [0.1, 0.15) is 33.3 Å². The fourth-order valence-corrected chi connectivity index (χ4v) is 3.76. The molecular weight excluding hydrogens is 459 g/mol. The van der Waals surface area contributed by atoms with Gasteiger partial charge in [0.2, 0.25) is 5.91 Å². The van der Waals surface area contributed by atoms with Gasteiger partial charge in [-0.2, -0.15) is 0 Å². The van der Waals surface area contributed by atoms with Gasteiger partial charge in [0.25, 0.3) is 5.91 Å². The molecule has 0 radical (unpaired) electrons. The lowest BCUT2D eigenvalue weighted by Crippen LogP contribution is -2.53. The summed E-state index contributed by atoms with van der Waals surface area (Å²) in [5.41, 5.74) is 0.335. The van der Waals surface area contributed by atoms with E-state index in [1.165, 1.54) is 4.90 Å². The molecule has 0 saturated heterocycles. The smallest absolute Gasteiger partial charge is 0.261 e. The SMILES string of the molecule is C[C@@H](C(=O)NC(C)(C)C)N(Cc1ccc(Cl)c(Cl)c1)C(=O)COc1cccc2ccccc12. The first kappa shape index (κ1) is 24.9. The minimum atomic E-state index is -0.720. The van der Waals surface area contributed by atoms with Crippen molar-refractivity contribution in [3.05, 3.63) is 76.3 Å². The molecule has 1 N–H and O–H groups in total. The number of nitrogens with one attached hydrogen (secondary N) is 1. The lowest BCUT2D eigenvalue weighted by molar-refractivity contribution is -0.142. The molecule has 2 amide bonds. The monoisotopic (exact) mass is 486 g/mol. The molecule has 0 heterocycles. The first-order valence-electron chi connectivity index (χ1n) is 10.7. The third kappa shape index (κ3) is 6.62. The number of hydrogen-bond donors (Lipinski definition) is 1. The molecule has 3 aromatic rings. The molecule has 0 unspecified atom stereocenters. The third-order valence-electron chi connectivity index (χ3n) is 5.10. The van der Waals surface area contributed by atoms with E-state index in [-0.39, 0.29) is 25.0 Å². The van der Waals surface area contributed by atoms with Gasteiger partial charge in [-0.15, -0.1) is 0 Å². The molecule has 0 bridgehead atoms. The molecule has 33 heavy (non-hydrogen) atoms. The zero-order chi connectivity index (χ0) is 24.2. The summed E-state index contributed by atoms with van der Waals surface area (Å²) in [6, 6.07) is 17.9. The van der Waals surface area contributed by atoms with Crippen LogP contribution in [-0.2, 0) is 16.1 Å². The largest absolute Gasteiger partial charge is 0.483 e. The Morgan fingerprint density at radius 1 is 1.00 bits per heavy atom. The van der Waals surface area contributed by atoms with Gasteiger partial charge in [-0.25, -0.2) is 0 Å². The number of ether oxygens (including phenoxy) is 1. The maximum atomic E-state index is 13.3. The minimum absolute atomic E-state index is 0.188. The van der Waals surface area contributed by atoms with Crippen LogP contribution in [0.25, 0.3) is 10.8 Å². The summed E-state index contributed by atoms with van der Waals surface area (Å²) in [6.07, 6.45) is 0. The zero-order valence-corrected chi connectivity index (χ0v) is 20.7. The van der Waals surface area contributed by atoms with E-state index in [2.05, 4.69) is 5.32 Å². The number of halogens is 2. The van der Waals surface area contributed by atoms with E-state index in [1.54, 1.807) is 25.1 Å². The standard InChI is InChI=1S/C26H28Cl2N2O3/c1-17(25(32)29-26(2,3)4)30(15-18-12-13-21(27)22(28)14-18)24(31)16-33-23-11-7-9-19-8-5-6-10-20(19)23/h5-14,17H,15-16H2,1-4H3,(H,29,32)/t17-/m0/s1. The van der Waals surface area contributed by atoms with Crippen molar-refractivity contribution in [1.82, 2.24) is 10.2 Å². The molecule has 0 aliphatic rings. The van der Waals surface area contributed by atoms with Crippen molar-refractivity contribution < 1.29 is 14.3 Å². The molecular formula is C26H28Cl2N2O3. The molecule has 0 aliphatic heterocycles. The van der Waals surface area contributed by atoms with Crippen molar-refractivity contribution in [3.8, 4) is 5.75 Å². The van der Waals surface area contributed by atoms with E-state index < -0.39 is 11.6 Å². The Balaban J connectivity index is 1.82. The van der Waals surface area contributed by atoms with Gasteiger partial charge in [0.05, 0.1) is 10.0 Å².